The van der Waals surface area contributed by atoms with Gasteiger partial charge in [-0.2, -0.15) is 0 Å². The van der Waals surface area contributed by atoms with Crippen LogP contribution in [0.25, 0.3) is 0 Å². The van der Waals surface area contributed by atoms with Crippen LogP contribution < -0.4 is 5.32 Å². The van der Waals surface area contributed by atoms with Crippen molar-refractivity contribution in [2.24, 2.45) is 5.92 Å². The summed E-state index contributed by atoms with van der Waals surface area (Å²) < 4.78 is 6.92. The molecule has 0 aliphatic rings. The zero-order valence-electron chi connectivity index (χ0n) is 12.5. The molecule has 0 aliphatic carbocycles. The second-order valence-corrected chi connectivity index (χ2v) is 4.96. The molecule has 0 bridgehead atoms. The van der Waals surface area contributed by atoms with Crippen molar-refractivity contribution in [2.75, 3.05) is 26.9 Å². The lowest BCUT2D eigenvalue weighted by atomic mass is 10.0. The van der Waals surface area contributed by atoms with Gasteiger partial charge in [0.15, 0.2) is 0 Å². The third-order valence-electron chi connectivity index (χ3n) is 3.38. The van der Waals surface area contributed by atoms with Gasteiger partial charge in [0.1, 0.15) is 5.69 Å². The van der Waals surface area contributed by atoms with Gasteiger partial charge in [0, 0.05) is 33.0 Å². The Kier molecular flexibility index (Phi) is 7.99. The Morgan fingerprint density at radius 2 is 2.30 bits per heavy atom. The summed E-state index contributed by atoms with van der Waals surface area (Å²) in [6.07, 6.45) is 4.69. The average molecular weight is 282 g/mol. The number of aliphatic hydroxyl groups is 1. The van der Waals surface area contributed by atoms with Gasteiger partial charge in [0.05, 0.1) is 6.61 Å². The molecule has 0 radical (unpaired) electrons. The summed E-state index contributed by atoms with van der Waals surface area (Å²) >= 11 is 0. The first-order chi connectivity index (χ1) is 9.72. The van der Waals surface area contributed by atoms with E-state index in [-0.39, 0.29) is 12.5 Å². The zero-order chi connectivity index (χ0) is 14.8. The number of aromatic nitrogens is 1. The number of nitrogens with one attached hydrogen (secondary N) is 1. The first kappa shape index (κ1) is 16.7. The molecular weight excluding hydrogens is 256 g/mol. The summed E-state index contributed by atoms with van der Waals surface area (Å²) in [6.45, 7) is 4.15. The van der Waals surface area contributed by atoms with Crippen molar-refractivity contribution in [1.29, 1.82) is 0 Å². The topological polar surface area (TPSA) is 63.5 Å². The van der Waals surface area contributed by atoms with Crippen LogP contribution in [0, 0.1) is 5.92 Å². The van der Waals surface area contributed by atoms with E-state index in [1.54, 1.807) is 7.11 Å². The minimum Gasteiger partial charge on any atom is -0.396 e. The third kappa shape index (κ3) is 5.35. The van der Waals surface area contributed by atoms with Crippen molar-refractivity contribution in [2.45, 2.75) is 32.7 Å². The summed E-state index contributed by atoms with van der Waals surface area (Å²) in [5.41, 5.74) is 0.654. The number of carbonyl (C=O) groups excluding carboxylic acids is 1. The number of ether oxygens (including phenoxy) is 1. The van der Waals surface area contributed by atoms with E-state index < -0.39 is 0 Å². The van der Waals surface area contributed by atoms with Crippen molar-refractivity contribution in [1.82, 2.24) is 9.88 Å². The highest BCUT2D eigenvalue weighted by atomic mass is 16.5. The van der Waals surface area contributed by atoms with Gasteiger partial charge in [-0.3, -0.25) is 4.79 Å². The van der Waals surface area contributed by atoms with E-state index >= 15 is 0 Å². The quantitative estimate of drug-likeness (QED) is 0.686. The maximum absolute atomic E-state index is 12.2. The Morgan fingerprint density at radius 3 is 2.95 bits per heavy atom. The van der Waals surface area contributed by atoms with Crippen LogP contribution >= 0.6 is 0 Å². The Bertz CT molecular complexity index is 384. The SMILES string of the molecule is CCCC(CCO)CNC(=O)c1cccn1CCOC. The molecule has 1 amide bonds. The summed E-state index contributed by atoms with van der Waals surface area (Å²) in [4.78, 5) is 12.2. The van der Waals surface area contributed by atoms with Crippen LogP contribution in [-0.2, 0) is 11.3 Å². The Hall–Kier alpha value is -1.33. The number of aliphatic hydroxyl groups excluding tert-OH is 1. The standard InChI is InChI=1S/C15H26N2O3/c1-3-5-13(7-10-18)12-16-15(19)14-6-4-8-17(14)9-11-20-2/h4,6,8,13,18H,3,5,7,9-12H2,1-2H3,(H,16,19). The second-order valence-electron chi connectivity index (χ2n) is 4.96. The number of methoxy groups -OCH3 is 1. The molecule has 0 aliphatic heterocycles. The lowest BCUT2D eigenvalue weighted by Gasteiger charge is -2.16. The molecule has 0 fully saturated rings. The van der Waals surface area contributed by atoms with Crippen molar-refractivity contribution in [3.8, 4) is 0 Å². The van der Waals surface area contributed by atoms with Crippen LogP contribution in [0.15, 0.2) is 18.3 Å². The monoisotopic (exact) mass is 282 g/mol. The molecule has 0 spiro atoms. The molecule has 0 saturated carbocycles. The fourth-order valence-electron chi connectivity index (χ4n) is 2.27. The molecule has 0 saturated heterocycles. The van der Waals surface area contributed by atoms with Gasteiger partial charge in [0.25, 0.3) is 5.91 Å². The van der Waals surface area contributed by atoms with Crippen LogP contribution in [0.4, 0.5) is 0 Å². The number of hydrogen-bond donors (Lipinski definition) is 2. The van der Waals surface area contributed by atoms with Gasteiger partial charge in [-0.15, -0.1) is 0 Å². The van der Waals surface area contributed by atoms with Crippen LogP contribution in [0.1, 0.15) is 36.7 Å². The highest BCUT2D eigenvalue weighted by Gasteiger charge is 2.13. The summed E-state index contributed by atoms with van der Waals surface area (Å²) in [7, 11) is 1.65. The highest BCUT2D eigenvalue weighted by Crippen LogP contribution is 2.10. The molecule has 2 N–H and O–H groups in total. The Morgan fingerprint density at radius 1 is 1.50 bits per heavy atom. The van der Waals surface area contributed by atoms with Crippen molar-refractivity contribution in [3.05, 3.63) is 24.0 Å². The van der Waals surface area contributed by atoms with E-state index in [0.717, 1.165) is 19.3 Å². The van der Waals surface area contributed by atoms with Crippen LogP contribution in [0.2, 0.25) is 0 Å². The molecule has 1 aromatic heterocycles. The van der Waals surface area contributed by atoms with Gasteiger partial charge in [-0.05, 0) is 30.9 Å². The van der Waals surface area contributed by atoms with E-state index in [9.17, 15) is 4.79 Å². The zero-order valence-corrected chi connectivity index (χ0v) is 12.5. The molecule has 5 nitrogen and oxygen atoms in total. The fourth-order valence-corrected chi connectivity index (χ4v) is 2.27. The molecule has 5 heteroatoms. The van der Waals surface area contributed by atoms with Gasteiger partial charge >= 0.3 is 0 Å². The Labute approximate surface area is 120 Å². The van der Waals surface area contributed by atoms with Gasteiger partial charge in [-0.25, -0.2) is 0 Å². The average Bonchev–Trinajstić information content (AvgIpc) is 2.91. The largest absolute Gasteiger partial charge is 0.396 e. The van der Waals surface area contributed by atoms with E-state index in [1.807, 2.05) is 22.9 Å². The van der Waals surface area contributed by atoms with Crippen molar-refractivity contribution < 1.29 is 14.6 Å². The molecule has 114 valence electrons. The number of carbonyl (C=O) groups is 1. The van der Waals surface area contributed by atoms with E-state index in [1.165, 1.54) is 0 Å². The summed E-state index contributed by atoms with van der Waals surface area (Å²) in [6, 6.07) is 3.67. The second kappa shape index (κ2) is 9.55. The minimum absolute atomic E-state index is 0.0647. The van der Waals surface area contributed by atoms with E-state index in [0.29, 0.717) is 31.3 Å². The van der Waals surface area contributed by atoms with Crippen LogP contribution in [-0.4, -0.2) is 42.4 Å². The predicted molar refractivity (Wildman–Crippen MR) is 78.7 cm³/mol. The van der Waals surface area contributed by atoms with Gasteiger partial charge in [0.2, 0.25) is 0 Å². The number of rotatable bonds is 10. The molecule has 1 aromatic rings. The summed E-state index contributed by atoms with van der Waals surface area (Å²) in [5, 5.41) is 12.0. The molecule has 0 aromatic carbocycles. The van der Waals surface area contributed by atoms with E-state index in [4.69, 9.17) is 9.84 Å². The normalized spacial score (nSPS) is 12.3. The highest BCUT2D eigenvalue weighted by molar-refractivity contribution is 5.92. The maximum Gasteiger partial charge on any atom is 0.267 e. The van der Waals surface area contributed by atoms with Crippen molar-refractivity contribution >= 4 is 5.91 Å². The van der Waals surface area contributed by atoms with Gasteiger partial charge in [-0.1, -0.05) is 13.3 Å². The number of amides is 1. The third-order valence-corrected chi connectivity index (χ3v) is 3.38. The first-order valence-corrected chi connectivity index (χ1v) is 7.26. The lowest BCUT2D eigenvalue weighted by molar-refractivity contribution is 0.0931. The number of nitrogens with zero attached hydrogens (tertiary/aromatic N) is 1. The smallest absolute Gasteiger partial charge is 0.267 e. The predicted octanol–water partition coefficient (Wildman–Crippen LogP) is 1.66. The summed E-state index contributed by atoms with van der Waals surface area (Å²) in [5.74, 6) is 0.279. The van der Waals surface area contributed by atoms with Crippen LogP contribution in [0.3, 0.4) is 0 Å². The molecule has 1 rings (SSSR count). The molecular formula is C15H26N2O3. The minimum atomic E-state index is -0.0647. The maximum atomic E-state index is 12.2. The van der Waals surface area contributed by atoms with Crippen LogP contribution in [0.5, 0.6) is 0 Å². The molecule has 1 heterocycles. The molecule has 1 atom stereocenters. The van der Waals surface area contributed by atoms with E-state index in [2.05, 4.69) is 12.2 Å². The van der Waals surface area contributed by atoms with Crippen molar-refractivity contribution in [3.63, 3.8) is 0 Å². The molecule has 1 unspecified atom stereocenters. The lowest BCUT2D eigenvalue weighted by Crippen LogP contribution is -2.31. The fraction of sp³-hybridized carbons (Fsp3) is 0.667. The number of hydrogen-bond acceptors (Lipinski definition) is 3. The van der Waals surface area contributed by atoms with Gasteiger partial charge < -0.3 is 19.7 Å². The first-order valence-electron chi connectivity index (χ1n) is 7.26. The molecule has 20 heavy (non-hydrogen) atoms. The Balaban J connectivity index is 2.51.